The first-order valence-corrected chi connectivity index (χ1v) is 7.52. The Bertz CT molecular complexity index is 605. The van der Waals surface area contributed by atoms with Gasteiger partial charge in [-0.25, -0.2) is 4.98 Å². The molecule has 1 aromatic heterocycles. The average Bonchev–Trinajstić information content (AvgIpc) is 3.02. The SMILES string of the molecule is CCCn1c(C2CCNC2C)nc2cc(OC)ccc21. The van der Waals surface area contributed by atoms with E-state index in [1.54, 1.807) is 7.11 Å². The molecule has 1 N–H and O–H groups in total. The summed E-state index contributed by atoms with van der Waals surface area (Å²) >= 11 is 0. The topological polar surface area (TPSA) is 39.1 Å². The molecule has 0 radical (unpaired) electrons. The van der Waals surface area contributed by atoms with Crippen LogP contribution in [0.4, 0.5) is 0 Å². The Kier molecular flexibility index (Phi) is 3.66. The number of nitrogens with zero attached hydrogens (tertiary/aromatic N) is 2. The van der Waals surface area contributed by atoms with Crippen LogP contribution >= 0.6 is 0 Å². The Morgan fingerprint density at radius 2 is 2.30 bits per heavy atom. The van der Waals surface area contributed by atoms with Crippen molar-refractivity contribution in [2.24, 2.45) is 0 Å². The van der Waals surface area contributed by atoms with Crippen LogP contribution in [0.1, 0.15) is 38.4 Å². The van der Waals surface area contributed by atoms with Gasteiger partial charge in [-0.3, -0.25) is 0 Å². The quantitative estimate of drug-likeness (QED) is 0.931. The molecule has 1 saturated heterocycles. The van der Waals surface area contributed by atoms with Gasteiger partial charge in [-0.2, -0.15) is 0 Å². The maximum absolute atomic E-state index is 5.32. The van der Waals surface area contributed by atoms with E-state index in [0.717, 1.165) is 30.8 Å². The number of fused-ring (bicyclic) bond motifs is 1. The van der Waals surface area contributed by atoms with Gasteiger partial charge in [0.1, 0.15) is 11.6 Å². The monoisotopic (exact) mass is 273 g/mol. The number of methoxy groups -OCH3 is 1. The van der Waals surface area contributed by atoms with Gasteiger partial charge in [0.05, 0.1) is 18.1 Å². The first-order valence-electron chi connectivity index (χ1n) is 7.52. The van der Waals surface area contributed by atoms with Crippen molar-refractivity contribution in [3.05, 3.63) is 24.0 Å². The molecule has 4 nitrogen and oxygen atoms in total. The summed E-state index contributed by atoms with van der Waals surface area (Å²) in [6.07, 6.45) is 2.30. The van der Waals surface area contributed by atoms with E-state index in [0.29, 0.717) is 12.0 Å². The van der Waals surface area contributed by atoms with E-state index in [1.807, 2.05) is 12.1 Å². The van der Waals surface area contributed by atoms with E-state index in [2.05, 4.69) is 29.8 Å². The summed E-state index contributed by atoms with van der Waals surface area (Å²) in [5.74, 6) is 2.62. The number of ether oxygens (including phenoxy) is 1. The van der Waals surface area contributed by atoms with Crippen molar-refractivity contribution in [2.45, 2.75) is 45.2 Å². The van der Waals surface area contributed by atoms with Gasteiger partial charge in [0.15, 0.2) is 0 Å². The van der Waals surface area contributed by atoms with Gasteiger partial charge in [-0.1, -0.05) is 6.92 Å². The molecule has 0 spiro atoms. The highest BCUT2D eigenvalue weighted by atomic mass is 16.5. The second-order valence-electron chi connectivity index (χ2n) is 5.61. The third-order valence-electron chi connectivity index (χ3n) is 4.29. The van der Waals surface area contributed by atoms with Crippen molar-refractivity contribution in [2.75, 3.05) is 13.7 Å². The number of hydrogen-bond donors (Lipinski definition) is 1. The summed E-state index contributed by atoms with van der Waals surface area (Å²) in [7, 11) is 1.70. The van der Waals surface area contributed by atoms with Crippen molar-refractivity contribution in [3.8, 4) is 5.75 Å². The van der Waals surface area contributed by atoms with Crippen molar-refractivity contribution < 1.29 is 4.74 Å². The third kappa shape index (κ3) is 2.18. The minimum absolute atomic E-state index is 0.504. The normalized spacial score (nSPS) is 22.6. The standard InChI is InChI=1S/C16H23N3O/c1-4-9-19-15-6-5-12(20-3)10-14(15)18-16(19)13-7-8-17-11(13)2/h5-6,10-11,13,17H,4,7-9H2,1-3H3. The van der Waals surface area contributed by atoms with Crippen LogP contribution in [0.2, 0.25) is 0 Å². The lowest BCUT2D eigenvalue weighted by molar-refractivity contribution is 0.415. The van der Waals surface area contributed by atoms with Crippen LogP contribution < -0.4 is 10.1 Å². The lowest BCUT2D eigenvalue weighted by Crippen LogP contribution is -2.23. The summed E-state index contributed by atoms with van der Waals surface area (Å²) in [6.45, 7) is 6.59. The maximum Gasteiger partial charge on any atom is 0.121 e. The van der Waals surface area contributed by atoms with Crippen LogP contribution in [-0.4, -0.2) is 29.2 Å². The highest BCUT2D eigenvalue weighted by Gasteiger charge is 2.29. The van der Waals surface area contributed by atoms with E-state index in [-0.39, 0.29) is 0 Å². The number of aryl methyl sites for hydroxylation is 1. The summed E-state index contributed by atoms with van der Waals surface area (Å²) in [5, 5.41) is 3.53. The third-order valence-corrected chi connectivity index (χ3v) is 4.29. The minimum Gasteiger partial charge on any atom is -0.497 e. The Balaban J connectivity index is 2.11. The molecule has 1 fully saturated rings. The van der Waals surface area contributed by atoms with Crippen molar-refractivity contribution in [1.29, 1.82) is 0 Å². The molecule has 2 atom stereocenters. The molecule has 1 aromatic carbocycles. The van der Waals surface area contributed by atoms with Crippen LogP contribution in [0.3, 0.4) is 0 Å². The van der Waals surface area contributed by atoms with Crippen LogP contribution in [0.15, 0.2) is 18.2 Å². The number of imidazole rings is 1. The Morgan fingerprint density at radius 1 is 1.45 bits per heavy atom. The lowest BCUT2D eigenvalue weighted by atomic mass is 10.0. The molecular formula is C16H23N3O. The molecule has 1 aliphatic heterocycles. The molecule has 0 amide bonds. The molecular weight excluding hydrogens is 250 g/mol. The first kappa shape index (κ1) is 13.4. The minimum atomic E-state index is 0.504. The molecule has 0 bridgehead atoms. The zero-order valence-electron chi connectivity index (χ0n) is 12.5. The number of hydrogen-bond acceptors (Lipinski definition) is 3. The molecule has 2 unspecified atom stereocenters. The molecule has 2 heterocycles. The highest BCUT2D eigenvalue weighted by molar-refractivity contribution is 5.78. The number of rotatable bonds is 4. The molecule has 2 aromatic rings. The number of nitrogens with one attached hydrogen (secondary N) is 1. The Hall–Kier alpha value is -1.55. The molecule has 0 saturated carbocycles. The average molecular weight is 273 g/mol. The van der Waals surface area contributed by atoms with Crippen molar-refractivity contribution in [3.63, 3.8) is 0 Å². The second-order valence-corrected chi connectivity index (χ2v) is 5.61. The van der Waals surface area contributed by atoms with Gasteiger partial charge in [0, 0.05) is 24.6 Å². The molecule has 20 heavy (non-hydrogen) atoms. The smallest absolute Gasteiger partial charge is 0.121 e. The van der Waals surface area contributed by atoms with E-state index in [4.69, 9.17) is 9.72 Å². The zero-order valence-corrected chi connectivity index (χ0v) is 12.5. The van der Waals surface area contributed by atoms with Gasteiger partial charge in [0.2, 0.25) is 0 Å². The summed E-state index contributed by atoms with van der Waals surface area (Å²) < 4.78 is 7.71. The van der Waals surface area contributed by atoms with Crippen molar-refractivity contribution in [1.82, 2.24) is 14.9 Å². The highest BCUT2D eigenvalue weighted by Crippen LogP contribution is 2.31. The lowest BCUT2D eigenvalue weighted by Gasteiger charge is -2.16. The maximum atomic E-state index is 5.32. The van der Waals surface area contributed by atoms with Gasteiger partial charge >= 0.3 is 0 Å². The van der Waals surface area contributed by atoms with Crippen LogP contribution in [0, 0.1) is 0 Å². The molecule has 3 rings (SSSR count). The summed E-state index contributed by atoms with van der Waals surface area (Å²) in [5.41, 5.74) is 2.27. The molecule has 1 aliphatic rings. The van der Waals surface area contributed by atoms with E-state index < -0.39 is 0 Å². The zero-order chi connectivity index (χ0) is 14.1. The van der Waals surface area contributed by atoms with Gasteiger partial charge in [-0.05, 0) is 38.4 Å². The van der Waals surface area contributed by atoms with E-state index in [1.165, 1.54) is 17.8 Å². The molecule has 4 heteroatoms. The predicted molar refractivity (Wildman–Crippen MR) is 81.4 cm³/mol. The summed E-state index contributed by atoms with van der Waals surface area (Å²) in [4.78, 5) is 4.92. The fourth-order valence-corrected chi connectivity index (χ4v) is 3.21. The first-order chi connectivity index (χ1) is 9.74. The van der Waals surface area contributed by atoms with Crippen LogP contribution in [0.5, 0.6) is 5.75 Å². The fourth-order valence-electron chi connectivity index (χ4n) is 3.21. The Morgan fingerprint density at radius 3 is 2.95 bits per heavy atom. The fraction of sp³-hybridized carbons (Fsp3) is 0.562. The number of benzene rings is 1. The predicted octanol–water partition coefficient (Wildman–Crippen LogP) is 2.92. The molecule has 108 valence electrons. The van der Waals surface area contributed by atoms with Gasteiger partial charge < -0.3 is 14.6 Å². The summed E-state index contributed by atoms with van der Waals surface area (Å²) in [6, 6.07) is 6.70. The second kappa shape index (κ2) is 5.44. The van der Waals surface area contributed by atoms with E-state index >= 15 is 0 Å². The van der Waals surface area contributed by atoms with Gasteiger partial charge in [0.25, 0.3) is 0 Å². The van der Waals surface area contributed by atoms with Crippen LogP contribution in [-0.2, 0) is 6.54 Å². The van der Waals surface area contributed by atoms with Crippen molar-refractivity contribution >= 4 is 11.0 Å². The van der Waals surface area contributed by atoms with E-state index in [9.17, 15) is 0 Å². The number of aromatic nitrogens is 2. The molecule has 0 aliphatic carbocycles. The largest absolute Gasteiger partial charge is 0.497 e. The Labute approximate surface area is 120 Å². The van der Waals surface area contributed by atoms with Crippen LogP contribution in [0.25, 0.3) is 11.0 Å². The van der Waals surface area contributed by atoms with Gasteiger partial charge in [-0.15, -0.1) is 0 Å².